The SMILES string of the molecule is CCCCc1ccc(-c2ccc(C(=O)NCCC(=O)N[C@@H](CCCCN)C(=O)N[C@@H](CCCCN)C(=O)N[C@@H](C)C(=O)N[C@@H](CCCCN)C(=O)N[C@@H](C)B3OC4C[C@@H]5C[C@@H](C5(C)C)[C@]4(C)O3)cc2)cc1. The van der Waals surface area contributed by atoms with Crippen molar-refractivity contribution in [1.82, 2.24) is 31.9 Å². The maximum atomic E-state index is 13.9. The van der Waals surface area contributed by atoms with Crippen LogP contribution in [0, 0.1) is 17.3 Å². The van der Waals surface area contributed by atoms with Crippen molar-refractivity contribution in [3.63, 3.8) is 0 Å². The molecule has 3 aliphatic carbocycles. The summed E-state index contributed by atoms with van der Waals surface area (Å²) >= 11 is 0. The highest BCUT2D eigenvalue weighted by Crippen LogP contribution is 2.65. The molecule has 2 aromatic rings. The highest BCUT2D eigenvalue weighted by atomic mass is 16.7. The lowest BCUT2D eigenvalue weighted by atomic mass is 9.43. The first-order valence-electron chi connectivity index (χ1n) is 26.4. The van der Waals surface area contributed by atoms with Gasteiger partial charge in [-0.25, -0.2) is 0 Å². The molecule has 392 valence electrons. The quantitative estimate of drug-likeness (QED) is 0.0400. The van der Waals surface area contributed by atoms with Crippen LogP contribution in [0.3, 0.4) is 0 Å². The topological polar surface area (TPSA) is 271 Å². The molecule has 3 saturated carbocycles. The highest BCUT2D eigenvalue weighted by molar-refractivity contribution is 6.47. The van der Waals surface area contributed by atoms with Crippen molar-refractivity contribution < 1.29 is 38.1 Å². The summed E-state index contributed by atoms with van der Waals surface area (Å²) < 4.78 is 13.0. The average Bonchev–Trinajstić information content (AvgIpc) is 3.72. The monoisotopic (exact) mass is 986 g/mol. The van der Waals surface area contributed by atoms with Crippen molar-refractivity contribution in [1.29, 1.82) is 0 Å². The van der Waals surface area contributed by atoms with Gasteiger partial charge in [-0.15, -0.1) is 0 Å². The van der Waals surface area contributed by atoms with Crippen LogP contribution in [0.4, 0.5) is 0 Å². The van der Waals surface area contributed by atoms with Crippen molar-refractivity contribution in [3.05, 3.63) is 59.7 Å². The molecule has 9 atom stereocenters. The fourth-order valence-electron chi connectivity index (χ4n) is 10.5. The normalized spacial score (nSPS) is 21.8. The molecule has 17 nitrogen and oxygen atoms in total. The molecule has 6 amide bonds. The Hall–Kier alpha value is -4.88. The predicted molar refractivity (Wildman–Crippen MR) is 277 cm³/mol. The van der Waals surface area contributed by atoms with E-state index in [4.69, 9.17) is 26.5 Å². The van der Waals surface area contributed by atoms with Crippen molar-refractivity contribution >= 4 is 42.6 Å². The molecule has 18 heteroatoms. The molecule has 0 aromatic heterocycles. The molecular weight excluding hydrogens is 901 g/mol. The van der Waals surface area contributed by atoms with E-state index in [1.165, 1.54) is 12.5 Å². The number of carbonyl (C=O) groups excluding carboxylic acids is 6. The molecule has 6 rings (SSSR count). The molecule has 4 aliphatic rings. The number of nitrogens with two attached hydrogens (primary N) is 3. The van der Waals surface area contributed by atoms with Gasteiger partial charge in [0.2, 0.25) is 29.5 Å². The lowest BCUT2D eigenvalue weighted by Crippen LogP contribution is -2.65. The zero-order valence-electron chi connectivity index (χ0n) is 43.2. The fourth-order valence-corrected chi connectivity index (χ4v) is 10.5. The molecule has 2 aromatic carbocycles. The summed E-state index contributed by atoms with van der Waals surface area (Å²) in [5.41, 5.74) is 20.8. The summed E-state index contributed by atoms with van der Waals surface area (Å²) in [7, 11) is -0.644. The van der Waals surface area contributed by atoms with Crippen LogP contribution in [-0.4, -0.2) is 111 Å². The third-order valence-electron chi connectivity index (χ3n) is 15.1. The maximum Gasteiger partial charge on any atom is 0.481 e. The van der Waals surface area contributed by atoms with Gasteiger partial charge in [0, 0.05) is 18.5 Å². The van der Waals surface area contributed by atoms with E-state index in [0.29, 0.717) is 82.0 Å². The first-order chi connectivity index (χ1) is 33.9. The Balaban J connectivity index is 1.13. The van der Waals surface area contributed by atoms with Crippen molar-refractivity contribution in [2.75, 3.05) is 26.2 Å². The van der Waals surface area contributed by atoms with Gasteiger partial charge in [0.1, 0.15) is 24.2 Å². The van der Waals surface area contributed by atoms with Crippen LogP contribution in [0.2, 0.25) is 0 Å². The standard InChI is InChI=1S/C53H84BN9O8/c1-7-8-15-36-19-21-37(22-20-36)38-23-25-39(26-24-38)48(66)58-31-27-46(64)61-41(16-9-12-28-55)51(69)63-42(17-10-13-29-56)49(67)59-34(2)47(65)62-43(18-11-14-30-57)50(68)60-35(3)54-70-45-33-40-32-44(52(40,4)5)53(45,6)71-54/h19-26,34-35,40-45H,7-18,27-33,55-57H2,1-6H3,(H,58,66)(H,59,67)(H,60,68)(H,61,64)(H,62,65)(H,63,69)/t34-,35-,40-,41-,42-,43-,44-,45?,53-/m0/s1. The average molecular weight is 986 g/mol. The maximum absolute atomic E-state index is 13.9. The van der Waals surface area contributed by atoms with Gasteiger partial charge in [-0.2, -0.15) is 0 Å². The van der Waals surface area contributed by atoms with E-state index in [1.807, 2.05) is 19.1 Å². The molecule has 1 unspecified atom stereocenters. The van der Waals surface area contributed by atoms with E-state index in [-0.39, 0.29) is 43.2 Å². The van der Waals surface area contributed by atoms with Crippen LogP contribution in [0.15, 0.2) is 48.5 Å². The second-order valence-electron chi connectivity index (χ2n) is 20.8. The van der Waals surface area contributed by atoms with E-state index in [2.05, 4.69) is 83.9 Å². The summed E-state index contributed by atoms with van der Waals surface area (Å²) in [5.74, 6) is -2.52. The van der Waals surface area contributed by atoms with E-state index in [9.17, 15) is 28.8 Å². The Kier molecular flexibility index (Phi) is 21.9. The number of hydrogen-bond donors (Lipinski definition) is 9. The van der Waals surface area contributed by atoms with E-state index >= 15 is 0 Å². The number of amides is 6. The number of rotatable bonds is 30. The zero-order chi connectivity index (χ0) is 51.7. The van der Waals surface area contributed by atoms with Crippen LogP contribution < -0.4 is 49.1 Å². The third-order valence-corrected chi connectivity index (χ3v) is 15.1. The van der Waals surface area contributed by atoms with Crippen LogP contribution in [0.5, 0.6) is 0 Å². The minimum atomic E-state index is -1.08. The Labute approximate surface area is 422 Å². The molecule has 0 radical (unpaired) electrons. The number of carbonyl (C=O) groups is 6. The fraction of sp³-hybridized carbons (Fsp3) is 0.660. The summed E-state index contributed by atoms with van der Waals surface area (Å²) in [6.07, 6.45) is 9.46. The first kappa shape index (κ1) is 57.0. The number of nitrogens with one attached hydrogen (secondary N) is 6. The Morgan fingerprint density at radius 3 is 1.73 bits per heavy atom. The Morgan fingerprint density at radius 2 is 1.18 bits per heavy atom. The Morgan fingerprint density at radius 1 is 0.662 bits per heavy atom. The van der Waals surface area contributed by atoms with Gasteiger partial charge in [-0.05, 0) is 170 Å². The summed E-state index contributed by atoms with van der Waals surface area (Å²) in [5, 5.41) is 17.0. The highest BCUT2D eigenvalue weighted by Gasteiger charge is 2.68. The van der Waals surface area contributed by atoms with Gasteiger partial charge in [-0.1, -0.05) is 63.6 Å². The van der Waals surface area contributed by atoms with Gasteiger partial charge in [-0.3, -0.25) is 28.8 Å². The molecule has 4 fully saturated rings. The molecule has 71 heavy (non-hydrogen) atoms. The summed E-state index contributed by atoms with van der Waals surface area (Å²) in [6.45, 7) is 13.4. The minimum Gasteiger partial charge on any atom is -0.404 e. The smallest absolute Gasteiger partial charge is 0.404 e. The van der Waals surface area contributed by atoms with Crippen LogP contribution in [0.25, 0.3) is 11.1 Å². The first-order valence-corrected chi connectivity index (χ1v) is 26.4. The number of benzene rings is 2. The molecule has 0 spiro atoms. The van der Waals surface area contributed by atoms with Crippen LogP contribution in [0.1, 0.15) is 147 Å². The van der Waals surface area contributed by atoms with Crippen LogP contribution >= 0.6 is 0 Å². The largest absolute Gasteiger partial charge is 0.481 e. The molecular formula is C53H84BN9O8. The zero-order valence-corrected chi connectivity index (χ0v) is 43.2. The summed E-state index contributed by atoms with van der Waals surface area (Å²) in [4.78, 5) is 81.5. The van der Waals surface area contributed by atoms with Gasteiger partial charge in [0.05, 0.1) is 17.6 Å². The lowest BCUT2D eigenvalue weighted by Gasteiger charge is -2.64. The molecule has 2 bridgehead atoms. The molecule has 1 saturated heterocycles. The van der Waals surface area contributed by atoms with E-state index in [0.717, 1.165) is 43.2 Å². The van der Waals surface area contributed by atoms with Crippen molar-refractivity contribution in [2.45, 2.75) is 180 Å². The second kappa shape index (κ2) is 27.3. The Bertz CT molecular complexity index is 2080. The van der Waals surface area contributed by atoms with Gasteiger partial charge < -0.3 is 58.4 Å². The number of hydrogen-bond acceptors (Lipinski definition) is 11. The van der Waals surface area contributed by atoms with Gasteiger partial charge in [0.25, 0.3) is 5.91 Å². The van der Waals surface area contributed by atoms with Gasteiger partial charge in [0.15, 0.2) is 0 Å². The molecule has 12 N–H and O–H groups in total. The minimum absolute atomic E-state index is 0.0318. The van der Waals surface area contributed by atoms with Crippen LogP contribution in [-0.2, 0) is 39.7 Å². The van der Waals surface area contributed by atoms with Crippen molar-refractivity contribution in [2.24, 2.45) is 34.5 Å². The van der Waals surface area contributed by atoms with E-state index in [1.54, 1.807) is 12.1 Å². The third kappa shape index (κ3) is 15.6. The molecule has 1 heterocycles. The van der Waals surface area contributed by atoms with Gasteiger partial charge >= 0.3 is 7.12 Å². The summed E-state index contributed by atoms with van der Waals surface area (Å²) in [6, 6.07) is 11.7. The lowest BCUT2D eigenvalue weighted by molar-refractivity contribution is -0.199. The number of aryl methyl sites for hydroxylation is 1. The second-order valence-corrected chi connectivity index (χ2v) is 20.8. The number of unbranched alkanes of at least 4 members (excludes halogenated alkanes) is 4. The van der Waals surface area contributed by atoms with Crippen molar-refractivity contribution in [3.8, 4) is 11.1 Å². The molecule has 1 aliphatic heterocycles. The van der Waals surface area contributed by atoms with E-state index < -0.39 is 72.4 Å². The predicted octanol–water partition coefficient (Wildman–Crippen LogP) is 3.93.